The summed E-state index contributed by atoms with van der Waals surface area (Å²) in [7, 11) is 1.35. The first-order chi connectivity index (χ1) is 9.19. The summed E-state index contributed by atoms with van der Waals surface area (Å²) >= 11 is 1.62. The van der Waals surface area contributed by atoms with Gasteiger partial charge in [-0.2, -0.15) is 0 Å². The van der Waals surface area contributed by atoms with Crippen LogP contribution in [0.3, 0.4) is 0 Å². The van der Waals surface area contributed by atoms with Gasteiger partial charge >= 0.3 is 5.97 Å². The third-order valence-corrected chi connectivity index (χ3v) is 3.73. The molecule has 0 aromatic carbocycles. The zero-order valence-electron chi connectivity index (χ0n) is 10.5. The van der Waals surface area contributed by atoms with Crippen molar-refractivity contribution in [3.63, 3.8) is 0 Å². The van der Waals surface area contributed by atoms with Crippen molar-refractivity contribution in [3.8, 4) is 10.7 Å². The molecule has 0 saturated carbocycles. The van der Waals surface area contributed by atoms with Crippen LogP contribution in [0.25, 0.3) is 16.3 Å². The number of thiophene rings is 1. The quantitative estimate of drug-likeness (QED) is 0.673. The molecule has 3 aromatic heterocycles. The van der Waals surface area contributed by atoms with Crippen molar-refractivity contribution in [3.05, 3.63) is 40.9 Å². The molecule has 0 radical (unpaired) electrons. The van der Waals surface area contributed by atoms with Gasteiger partial charge in [-0.25, -0.2) is 14.3 Å². The van der Waals surface area contributed by atoms with Crippen molar-refractivity contribution in [1.82, 2.24) is 14.6 Å². The molecule has 0 amide bonds. The van der Waals surface area contributed by atoms with Crippen LogP contribution in [-0.4, -0.2) is 27.7 Å². The van der Waals surface area contributed by atoms with Crippen LogP contribution in [0.4, 0.5) is 0 Å². The summed E-state index contributed by atoms with van der Waals surface area (Å²) in [6, 6.07) is 7.43. The highest BCUT2D eigenvalue weighted by Gasteiger charge is 2.15. The molecule has 0 N–H and O–H groups in total. The lowest BCUT2D eigenvalue weighted by Crippen LogP contribution is -2.04. The smallest absolute Gasteiger partial charge is 0.341 e. The number of fused-ring (bicyclic) bond motifs is 1. The number of methoxy groups -OCH3 is 1. The first-order valence-corrected chi connectivity index (χ1v) is 6.51. The molecule has 6 heteroatoms. The van der Waals surface area contributed by atoms with E-state index in [0.717, 1.165) is 4.88 Å². The molecule has 0 fully saturated rings. The average Bonchev–Trinajstić information content (AvgIpc) is 3.02. The van der Waals surface area contributed by atoms with Gasteiger partial charge in [0.25, 0.3) is 0 Å². The monoisotopic (exact) mass is 273 g/mol. The third-order valence-electron chi connectivity index (χ3n) is 2.73. The molecule has 5 nitrogen and oxygen atoms in total. The van der Waals surface area contributed by atoms with Crippen molar-refractivity contribution in [2.45, 2.75) is 6.92 Å². The number of esters is 1. The molecule has 0 aliphatic heterocycles. The molecule has 19 heavy (non-hydrogen) atoms. The molecule has 0 unspecified atom stereocenters. The summed E-state index contributed by atoms with van der Waals surface area (Å²) in [5, 5.41) is 4.38. The lowest BCUT2D eigenvalue weighted by Gasteiger charge is -1.98. The van der Waals surface area contributed by atoms with Crippen LogP contribution < -0.4 is 0 Å². The van der Waals surface area contributed by atoms with Crippen LogP contribution in [0, 0.1) is 6.92 Å². The van der Waals surface area contributed by atoms with Gasteiger partial charge in [-0.15, -0.1) is 16.4 Å². The Kier molecular flexibility index (Phi) is 2.79. The zero-order chi connectivity index (χ0) is 13.4. The van der Waals surface area contributed by atoms with Crippen LogP contribution in [-0.2, 0) is 4.74 Å². The predicted octanol–water partition coefficient (Wildman–Crippen LogP) is 2.55. The second kappa shape index (κ2) is 4.47. The Balaban J connectivity index is 2.18. The number of hydrogen-bond acceptors (Lipinski definition) is 5. The number of pyridine rings is 1. The molecule has 3 heterocycles. The summed E-state index contributed by atoms with van der Waals surface area (Å²) in [6.07, 6.45) is 1.76. The van der Waals surface area contributed by atoms with Crippen molar-refractivity contribution in [2.24, 2.45) is 0 Å². The predicted molar refractivity (Wildman–Crippen MR) is 72.4 cm³/mol. The second-order valence-electron chi connectivity index (χ2n) is 4.03. The van der Waals surface area contributed by atoms with Crippen LogP contribution in [0.15, 0.2) is 30.5 Å². The molecule has 0 aliphatic carbocycles. The highest BCUT2D eigenvalue weighted by atomic mass is 32.1. The van der Waals surface area contributed by atoms with Gasteiger partial charge in [-0.3, -0.25) is 0 Å². The second-order valence-corrected chi connectivity index (χ2v) is 5.32. The van der Waals surface area contributed by atoms with E-state index in [1.54, 1.807) is 34.2 Å². The molecule has 0 saturated heterocycles. The molecular formula is C13H11N3O2S. The number of aryl methyl sites for hydroxylation is 1. The van der Waals surface area contributed by atoms with Gasteiger partial charge in [0.15, 0.2) is 11.5 Å². The molecule has 0 atom stereocenters. The minimum atomic E-state index is -0.410. The fraction of sp³-hybridized carbons (Fsp3) is 0.154. The van der Waals surface area contributed by atoms with Crippen molar-refractivity contribution >= 4 is 23.0 Å². The molecule has 3 rings (SSSR count). The third kappa shape index (κ3) is 2.00. The van der Waals surface area contributed by atoms with Crippen LogP contribution in [0.2, 0.25) is 0 Å². The lowest BCUT2D eigenvalue weighted by atomic mass is 10.3. The number of hydrogen-bond donors (Lipinski definition) is 0. The van der Waals surface area contributed by atoms with E-state index in [2.05, 4.69) is 10.1 Å². The van der Waals surface area contributed by atoms with Crippen molar-refractivity contribution in [1.29, 1.82) is 0 Å². The first kappa shape index (κ1) is 11.9. The van der Waals surface area contributed by atoms with Gasteiger partial charge in [-0.05, 0) is 31.2 Å². The fourth-order valence-corrected chi connectivity index (χ4v) is 2.63. The summed E-state index contributed by atoms with van der Waals surface area (Å²) in [5.41, 5.74) is 0.924. The van der Waals surface area contributed by atoms with Crippen LogP contribution >= 0.6 is 11.3 Å². The summed E-state index contributed by atoms with van der Waals surface area (Å²) in [4.78, 5) is 18.3. The Labute approximate surface area is 113 Å². The van der Waals surface area contributed by atoms with Gasteiger partial charge in [0, 0.05) is 11.1 Å². The summed E-state index contributed by atoms with van der Waals surface area (Å²) in [6.45, 7) is 2.03. The van der Waals surface area contributed by atoms with E-state index in [0.29, 0.717) is 17.0 Å². The maximum atomic E-state index is 11.7. The standard InChI is InChI=1S/C13H11N3O2S/c1-8-5-6-10(19-8)11-14-12-9(13(17)18-2)4-3-7-16(12)15-11/h3-7H,1-2H3. The minimum Gasteiger partial charge on any atom is -0.465 e. The van der Waals surface area contributed by atoms with Gasteiger partial charge in [-0.1, -0.05) is 0 Å². The van der Waals surface area contributed by atoms with Gasteiger partial charge in [0.05, 0.1) is 12.0 Å². The van der Waals surface area contributed by atoms with E-state index >= 15 is 0 Å². The summed E-state index contributed by atoms with van der Waals surface area (Å²) in [5.74, 6) is 0.210. The fourth-order valence-electron chi connectivity index (χ4n) is 1.83. The Hall–Kier alpha value is -2.21. The lowest BCUT2D eigenvalue weighted by molar-refractivity contribution is 0.0602. The Bertz CT molecular complexity index is 760. The normalized spacial score (nSPS) is 10.8. The number of carbonyl (C=O) groups is 1. The van der Waals surface area contributed by atoms with E-state index in [1.165, 1.54) is 12.0 Å². The van der Waals surface area contributed by atoms with Crippen LogP contribution in [0.1, 0.15) is 15.2 Å². The van der Waals surface area contributed by atoms with Crippen molar-refractivity contribution < 1.29 is 9.53 Å². The number of carbonyl (C=O) groups excluding carboxylic acids is 1. The van der Waals surface area contributed by atoms with Crippen LogP contribution in [0.5, 0.6) is 0 Å². The number of aromatic nitrogens is 3. The molecule has 0 spiro atoms. The molecule has 0 bridgehead atoms. The van der Waals surface area contributed by atoms with E-state index in [-0.39, 0.29) is 0 Å². The Morgan fingerprint density at radius 2 is 2.21 bits per heavy atom. The first-order valence-electron chi connectivity index (χ1n) is 5.69. The topological polar surface area (TPSA) is 56.5 Å². The molecule has 3 aromatic rings. The van der Waals surface area contributed by atoms with Crippen molar-refractivity contribution in [2.75, 3.05) is 7.11 Å². The molecule has 0 aliphatic rings. The van der Waals surface area contributed by atoms with Gasteiger partial charge in [0.1, 0.15) is 5.56 Å². The highest BCUT2D eigenvalue weighted by molar-refractivity contribution is 7.15. The van der Waals surface area contributed by atoms with E-state index in [4.69, 9.17) is 4.74 Å². The zero-order valence-corrected chi connectivity index (χ0v) is 11.3. The Morgan fingerprint density at radius 1 is 1.37 bits per heavy atom. The summed E-state index contributed by atoms with van der Waals surface area (Å²) < 4.78 is 6.34. The maximum absolute atomic E-state index is 11.7. The molecule has 96 valence electrons. The Morgan fingerprint density at radius 3 is 2.89 bits per heavy atom. The largest absolute Gasteiger partial charge is 0.465 e. The van der Waals surface area contributed by atoms with E-state index in [9.17, 15) is 4.79 Å². The maximum Gasteiger partial charge on any atom is 0.341 e. The SMILES string of the molecule is COC(=O)c1cccn2nc(-c3ccc(C)s3)nc12. The van der Waals surface area contributed by atoms with Gasteiger partial charge in [0.2, 0.25) is 0 Å². The highest BCUT2D eigenvalue weighted by Crippen LogP contribution is 2.25. The molecular weight excluding hydrogens is 262 g/mol. The number of ether oxygens (including phenoxy) is 1. The number of rotatable bonds is 2. The minimum absolute atomic E-state index is 0.410. The average molecular weight is 273 g/mol. The van der Waals surface area contributed by atoms with E-state index < -0.39 is 5.97 Å². The number of nitrogens with zero attached hydrogens (tertiary/aromatic N) is 3. The van der Waals surface area contributed by atoms with Gasteiger partial charge < -0.3 is 4.74 Å². The van der Waals surface area contributed by atoms with E-state index in [1.807, 2.05) is 19.1 Å².